The van der Waals surface area contributed by atoms with E-state index in [1.54, 1.807) is 0 Å². The summed E-state index contributed by atoms with van der Waals surface area (Å²) in [5.41, 5.74) is 6.54. The first-order valence-corrected chi connectivity index (χ1v) is 5.24. The average molecular weight is 236 g/mol. The summed E-state index contributed by atoms with van der Waals surface area (Å²) in [7, 11) is 1.41. The zero-order valence-electron chi connectivity index (χ0n) is 9.70. The highest BCUT2D eigenvalue weighted by Gasteiger charge is 2.08. The van der Waals surface area contributed by atoms with E-state index in [4.69, 9.17) is 10.5 Å². The van der Waals surface area contributed by atoms with Crippen molar-refractivity contribution in [3.05, 3.63) is 35.9 Å². The monoisotopic (exact) mass is 236 g/mol. The predicted molar refractivity (Wildman–Crippen MR) is 64.3 cm³/mol. The van der Waals surface area contributed by atoms with Crippen LogP contribution in [0, 0.1) is 0 Å². The number of ether oxygens (including phenoxy) is 1. The van der Waals surface area contributed by atoms with Crippen LogP contribution in [0.5, 0.6) is 0 Å². The molecule has 0 fully saturated rings. The molecule has 17 heavy (non-hydrogen) atoms. The number of oxime groups is 1. The van der Waals surface area contributed by atoms with Gasteiger partial charge >= 0.3 is 5.97 Å². The molecule has 0 spiro atoms. The highest BCUT2D eigenvalue weighted by Crippen LogP contribution is 2.02. The molecule has 0 amide bonds. The molecule has 0 unspecified atom stereocenters. The Bertz CT molecular complexity index is 365. The number of hydrogen-bond donors (Lipinski definition) is 1. The summed E-state index contributed by atoms with van der Waals surface area (Å²) in [6.07, 6.45) is 1.45. The molecule has 0 aromatic heterocycles. The van der Waals surface area contributed by atoms with Crippen LogP contribution >= 0.6 is 0 Å². The van der Waals surface area contributed by atoms with Crippen molar-refractivity contribution in [1.29, 1.82) is 0 Å². The minimum atomic E-state index is -0.488. The summed E-state index contributed by atoms with van der Waals surface area (Å²) in [6.45, 7) is 0.258. The minimum absolute atomic E-state index is 0.0830. The van der Waals surface area contributed by atoms with E-state index in [2.05, 4.69) is 9.99 Å². The third-order valence-electron chi connectivity index (χ3n) is 2.00. The maximum Gasteiger partial charge on any atom is 0.308 e. The molecule has 92 valence electrons. The molecule has 0 saturated heterocycles. The molecule has 0 saturated carbocycles. The Morgan fingerprint density at radius 2 is 2.18 bits per heavy atom. The summed E-state index contributed by atoms with van der Waals surface area (Å²) < 4.78 is 5.06. The summed E-state index contributed by atoms with van der Waals surface area (Å²) in [6, 6.07) is 8.97. The molecule has 5 heteroatoms. The van der Waals surface area contributed by atoms with E-state index in [0.29, 0.717) is 0 Å². The molecule has 1 atom stereocenters. The van der Waals surface area contributed by atoms with Crippen molar-refractivity contribution in [1.82, 2.24) is 0 Å². The van der Waals surface area contributed by atoms with Crippen molar-refractivity contribution < 1.29 is 14.4 Å². The Morgan fingerprint density at radius 3 is 2.82 bits per heavy atom. The lowest BCUT2D eigenvalue weighted by molar-refractivity contribution is -0.145. The zero-order chi connectivity index (χ0) is 12.5. The number of nitrogens with two attached hydrogens (primary N) is 1. The van der Waals surface area contributed by atoms with Gasteiger partial charge in [-0.25, -0.2) is 0 Å². The van der Waals surface area contributed by atoms with Crippen LogP contribution in [0.15, 0.2) is 35.5 Å². The second-order valence-electron chi connectivity index (χ2n) is 3.45. The number of nitrogens with zero attached hydrogens (tertiary/aromatic N) is 1. The van der Waals surface area contributed by atoms with E-state index in [-0.39, 0.29) is 19.0 Å². The van der Waals surface area contributed by atoms with Crippen molar-refractivity contribution in [2.45, 2.75) is 19.1 Å². The first kappa shape index (κ1) is 13.2. The fourth-order valence-corrected chi connectivity index (χ4v) is 1.18. The quantitative estimate of drug-likeness (QED) is 0.455. The summed E-state index contributed by atoms with van der Waals surface area (Å²) in [5, 5.41) is 3.49. The van der Waals surface area contributed by atoms with E-state index >= 15 is 0 Å². The standard InChI is InChI=1S/C12H16N2O3/c1-16-14-8-11(13)7-12(15)17-9-10-5-3-2-4-6-10/h2-6,8,11H,7,9,13H2,1H3/t11-/m0/s1. The molecule has 1 aromatic rings. The van der Waals surface area contributed by atoms with Gasteiger partial charge in [-0.1, -0.05) is 35.5 Å². The van der Waals surface area contributed by atoms with Crippen molar-refractivity contribution in [3.63, 3.8) is 0 Å². The third-order valence-corrected chi connectivity index (χ3v) is 2.00. The summed E-state index contributed by atoms with van der Waals surface area (Å²) in [4.78, 5) is 15.8. The second-order valence-corrected chi connectivity index (χ2v) is 3.45. The summed E-state index contributed by atoms with van der Waals surface area (Å²) in [5.74, 6) is -0.357. The maximum atomic E-state index is 11.4. The molecule has 0 aliphatic heterocycles. The number of benzene rings is 1. The largest absolute Gasteiger partial charge is 0.461 e. The Hall–Kier alpha value is -1.88. The lowest BCUT2D eigenvalue weighted by Crippen LogP contribution is -2.26. The molecule has 0 heterocycles. The molecular formula is C12H16N2O3. The molecule has 0 aliphatic rings. The van der Waals surface area contributed by atoms with Crippen LogP contribution in [0.2, 0.25) is 0 Å². The third kappa shape index (κ3) is 5.67. The van der Waals surface area contributed by atoms with Crippen molar-refractivity contribution in [2.24, 2.45) is 10.9 Å². The van der Waals surface area contributed by atoms with Gasteiger partial charge < -0.3 is 15.3 Å². The van der Waals surface area contributed by atoms with Gasteiger partial charge in [-0.3, -0.25) is 4.79 Å². The molecule has 0 radical (unpaired) electrons. The molecule has 1 rings (SSSR count). The van der Waals surface area contributed by atoms with Gasteiger partial charge in [-0.05, 0) is 5.56 Å². The SMILES string of the molecule is CON=C[C@@H](N)CC(=O)OCc1ccccc1. The Morgan fingerprint density at radius 1 is 1.47 bits per heavy atom. The zero-order valence-corrected chi connectivity index (χ0v) is 9.70. The smallest absolute Gasteiger partial charge is 0.308 e. The number of esters is 1. The lowest BCUT2D eigenvalue weighted by atomic mass is 10.2. The number of hydrogen-bond acceptors (Lipinski definition) is 5. The van der Waals surface area contributed by atoms with Gasteiger partial charge in [0, 0.05) is 0 Å². The van der Waals surface area contributed by atoms with Gasteiger partial charge in [0.1, 0.15) is 13.7 Å². The fraction of sp³-hybridized carbons (Fsp3) is 0.333. The molecular weight excluding hydrogens is 220 g/mol. The normalized spacial score (nSPS) is 12.4. The molecule has 1 aromatic carbocycles. The number of carbonyl (C=O) groups is 1. The first-order valence-electron chi connectivity index (χ1n) is 5.24. The molecule has 0 bridgehead atoms. The van der Waals surface area contributed by atoms with Crippen LogP contribution in [0.1, 0.15) is 12.0 Å². The van der Waals surface area contributed by atoms with Gasteiger partial charge in [0.15, 0.2) is 0 Å². The topological polar surface area (TPSA) is 73.9 Å². The number of rotatable bonds is 6. The van der Waals surface area contributed by atoms with Crippen molar-refractivity contribution in [3.8, 4) is 0 Å². The van der Waals surface area contributed by atoms with Crippen LogP contribution in [0.3, 0.4) is 0 Å². The summed E-state index contributed by atoms with van der Waals surface area (Å²) >= 11 is 0. The maximum absolute atomic E-state index is 11.4. The van der Waals surface area contributed by atoms with Crippen molar-refractivity contribution in [2.75, 3.05) is 7.11 Å². The highest BCUT2D eigenvalue weighted by molar-refractivity contribution is 5.76. The van der Waals surface area contributed by atoms with Gasteiger partial charge in [-0.2, -0.15) is 0 Å². The van der Waals surface area contributed by atoms with Gasteiger partial charge in [-0.15, -0.1) is 0 Å². The van der Waals surface area contributed by atoms with E-state index in [9.17, 15) is 4.79 Å². The average Bonchev–Trinajstić information content (AvgIpc) is 2.35. The van der Waals surface area contributed by atoms with Crippen LogP contribution in [-0.4, -0.2) is 25.3 Å². The van der Waals surface area contributed by atoms with Crippen LogP contribution in [-0.2, 0) is 21.0 Å². The van der Waals surface area contributed by atoms with E-state index in [1.165, 1.54) is 13.3 Å². The predicted octanol–water partition coefficient (Wildman–Crippen LogP) is 1.08. The van der Waals surface area contributed by atoms with Crippen LogP contribution < -0.4 is 5.73 Å². The second kappa shape index (κ2) is 7.40. The molecule has 2 N–H and O–H groups in total. The van der Waals surface area contributed by atoms with Gasteiger partial charge in [0.05, 0.1) is 18.7 Å². The van der Waals surface area contributed by atoms with E-state index in [1.807, 2.05) is 30.3 Å². The fourth-order valence-electron chi connectivity index (χ4n) is 1.18. The van der Waals surface area contributed by atoms with Gasteiger partial charge in [0.2, 0.25) is 0 Å². The molecule has 5 nitrogen and oxygen atoms in total. The lowest BCUT2D eigenvalue weighted by Gasteiger charge is -2.06. The number of carbonyl (C=O) groups excluding carboxylic acids is 1. The van der Waals surface area contributed by atoms with Crippen LogP contribution in [0.4, 0.5) is 0 Å². The Balaban J connectivity index is 2.28. The van der Waals surface area contributed by atoms with Crippen LogP contribution in [0.25, 0.3) is 0 Å². The van der Waals surface area contributed by atoms with E-state index in [0.717, 1.165) is 5.56 Å². The van der Waals surface area contributed by atoms with Gasteiger partial charge in [0.25, 0.3) is 0 Å². The Kier molecular flexibility index (Phi) is 5.74. The molecule has 0 aliphatic carbocycles. The van der Waals surface area contributed by atoms with E-state index < -0.39 is 6.04 Å². The highest BCUT2D eigenvalue weighted by atomic mass is 16.6. The van der Waals surface area contributed by atoms with Crippen molar-refractivity contribution >= 4 is 12.2 Å². The minimum Gasteiger partial charge on any atom is -0.461 e. The first-order chi connectivity index (χ1) is 8.22. The Labute approximate surface area is 100 Å².